The first-order valence-corrected chi connectivity index (χ1v) is 8.28. The van der Waals surface area contributed by atoms with Crippen molar-refractivity contribution in [2.45, 2.75) is 26.1 Å². The zero-order chi connectivity index (χ0) is 20.0. The van der Waals surface area contributed by atoms with Crippen LogP contribution < -0.4 is 15.4 Å². The number of methoxy groups -OCH3 is 1. The van der Waals surface area contributed by atoms with E-state index >= 15 is 0 Å². The molecule has 27 heavy (non-hydrogen) atoms. The molecule has 1 aromatic carbocycles. The number of carbonyl (C=O) groups is 1. The number of anilines is 1. The molecule has 2 aromatic rings. The highest BCUT2D eigenvalue weighted by Gasteiger charge is 2.30. The van der Waals surface area contributed by atoms with Gasteiger partial charge in [0.1, 0.15) is 24.2 Å². The lowest BCUT2D eigenvalue weighted by molar-refractivity contribution is -0.139. The van der Waals surface area contributed by atoms with Gasteiger partial charge in [-0.15, -0.1) is 0 Å². The van der Waals surface area contributed by atoms with Crippen LogP contribution in [0.4, 0.5) is 19.0 Å². The molecule has 1 heterocycles. The van der Waals surface area contributed by atoms with Gasteiger partial charge in [-0.3, -0.25) is 4.79 Å². The highest BCUT2D eigenvalue weighted by molar-refractivity contribution is 5.84. The second-order valence-corrected chi connectivity index (χ2v) is 6.19. The summed E-state index contributed by atoms with van der Waals surface area (Å²) in [6.07, 6.45) is -2.95. The predicted molar refractivity (Wildman–Crippen MR) is 95.3 cm³/mol. The van der Waals surface area contributed by atoms with Gasteiger partial charge >= 0.3 is 6.18 Å². The van der Waals surface area contributed by atoms with Crippen LogP contribution in [0.2, 0.25) is 0 Å². The van der Waals surface area contributed by atoms with E-state index in [1.807, 2.05) is 5.32 Å². The van der Waals surface area contributed by atoms with E-state index in [4.69, 9.17) is 4.74 Å². The normalized spacial score (nSPS) is 12.6. The van der Waals surface area contributed by atoms with E-state index in [9.17, 15) is 18.0 Å². The second-order valence-electron chi connectivity index (χ2n) is 6.19. The average Bonchev–Trinajstić information content (AvgIpc) is 2.63. The number of carbonyl (C=O) groups excluding carboxylic acids is 1. The average molecular weight is 382 g/mol. The molecular formula is C18H21F3N4O2. The highest BCUT2D eigenvalue weighted by atomic mass is 19.4. The van der Waals surface area contributed by atoms with Crippen LogP contribution >= 0.6 is 0 Å². The summed E-state index contributed by atoms with van der Waals surface area (Å²) >= 11 is 0. The van der Waals surface area contributed by atoms with Crippen molar-refractivity contribution < 1.29 is 22.7 Å². The molecule has 0 radical (unpaired) electrons. The number of alkyl halides is 3. The molecule has 0 aliphatic heterocycles. The van der Waals surface area contributed by atoms with Crippen molar-refractivity contribution >= 4 is 11.7 Å². The number of benzene rings is 1. The fraction of sp³-hybridized carbons (Fsp3) is 0.389. The predicted octanol–water partition coefficient (Wildman–Crippen LogP) is 3.27. The van der Waals surface area contributed by atoms with Gasteiger partial charge in [0, 0.05) is 11.8 Å². The van der Waals surface area contributed by atoms with E-state index in [0.29, 0.717) is 17.4 Å². The number of rotatable bonds is 7. The van der Waals surface area contributed by atoms with Crippen LogP contribution in [0, 0.1) is 5.92 Å². The minimum atomic E-state index is -4.46. The maximum Gasteiger partial charge on any atom is 0.405 e. The van der Waals surface area contributed by atoms with Gasteiger partial charge in [-0.1, -0.05) is 13.8 Å². The van der Waals surface area contributed by atoms with Crippen molar-refractivity contribution in [3.8, 4) is 17.1 Å². The zero-order valence-corrected chi connectivity index (χ0v) is 15.2. The molecule has 9 heteroatoms. The summed E-state index contributed by atoms with van der Waals surface area (Å²) in [5.74, 6) is 0.455. The van der Waals surface area contributed by atoms with Gasteiger partial charge in [-0.05, 0) is 36.2 Å². The summed E-state index contributed by atoms with van der Waals surface area (Å²) in [4.78, 5) is 20.7. The monoisotopic (exact) mass is 382 g/mol. The van der Waals surface area contributed by atoms with Gasteiger partial charge in [-0.25, -0.2) is 9.97 Å². The van der Waals surface area contributed by atoms with Crippen molar-refractivity contribution in [2.75, 3.05) is 19.0 Å². The van der Waals surface area contributed by atoms with Gasteiger partial charge < -0.3 is 15.4 Å². The molecule has 0 aliphatic rings. The summed E-state index contributed by atoms with van der Waals surface area (Å²) in [5, 5.41) is 4.79. The van der Waals surface area contributed by atoms with Crippen molar-refractivity contribution in [1.29, 1.82) is 0 Å². The molecule has 1 aromatic heterocycles. The Labute approximate surface area is 155 Å². The minimum Gasteiger partial charge on any atom is -0.497 e. The third-order valence-corrected chi connectivity index (χ3v) is 3.72. The van der Waals surface area contributed by atoms with Crippen LogP contribution in [-0.2, 0) is 4.79 Å². The van der Waals surface area contributed by atoms with E-state index in [2.05, 4.69) is 15.3 Å². The van der Waals surface area contributed by atoms with Crippen molar-refractivity contribution in [3.05, 3.63) is 36.5 Å². The van der Waals surface area contributed by atoms with Gasteiger partial charge in [0.2, 0.25) is 5.91 Å². The first kappa shape index (κ1) is 20.5. The number of nitrogens with one attached hydrogen (secondary N) is 2. The Morgan fingerprint density at radius 3 is 2.41 bits per heavy atom. The van der Waals surface area contributed by atoms with Crippen molar-refractivity contribution in [3.63, 3.8) is 0 Å². The number of aromatic nitrogens is 2. The Bertz CT molecular complexity index is 764. The van der Waals surface area contributed by atoms with Gasteiger partial charge in [0.25, 0.3) is 0 Å². The Balaban J connectivity index is 2.14. The summed E-state index contributed by atoms with van der Waals surface area (Å²) in [6, 6.07) is 7.79. The van der Waals surface area contributed by atoms with Crippen molar-refractivity contribution in [1.82, 2.24) is 15.3 Å². The standard InChI is InChI=1S/C18H21F3N4O2/c1-11(2)15(17(26)23-10-18(19,20)21)24-14-8-9-22-16(25-14)12-4-6-13(27-3)7-5-12/h4-9,11,15H,10H2,1-3H3,(H,23,26)(H,22,24,25)/t15-/m1/s1. The van der Waals surface area contributed by atoms with Crippen molar-refractivity contribution in [2.24, 2.45) is 5.92 Å². The zero-order valence-electron chi connectivity index (χ0n) is 15.2. The molecule has 0 bridgehead atoms. The number of amides is 1. The fourth-order valence-corrected chi connectivity index (χ4v) is 2.31. The molecule has 0 fully saturated rings. The number of halogens is 3. The maximum atomic E-state index is 12.3. The minimum absolute atomic E-state index is 0.252. The highest BCUT2D eigenvalue weighted by Crippen LogP contribution is 2.21. The Morgan fingerprint density at radius 1 is 1.19 bits per heavy atom. The quantitative estimate of drug-likeness (QED) is 0.769. The van der Waals surface area contributed by atoms with E-state index in [0.717, 1.165) is 5.56 Å². The van der Waals surface area contributed by atoms with Gasteiger partial charge in [0.05, 0.1) is 7.11 Å². The molecule has 0 unspecified atom stereocenters. The molecule has 2 N–H and O–H groups in total. The largest absolute Gasteiger partial charge is 0.497 e. The lowest BCUT2D eigenvalue weighted by atomic mass is 10.0. The summed E-state index contributed by atoms with van der Waals surface area (Å²) in [6.45, 7) is 2.09. The number of nitrogens with zero attached hydrogens (tertiary/aromatic N) is 2. The number of ether oxygens (including phenoxy) is 1. The van der Waals surface area contributed by atoms with Crippen LogP contribution in [-0.4, -0.2) is 41.7 Å². The molecule has 6 nitrogen and oxygen atoms in total. The molecule has 1 amide bonds. The maximum absolute atomic E-state index is 12.3. The van der Waals surface area contributed by atoms with Gasteiger partial charge in [-0.2, -0.15) is 13.2 Å². The second kappa shape index (κ2) is 8.70. The fourth-order valence-electron chi connectivity index (χ4n) is 2.31. The topological polar surface area (TPSA) is 76.1 Å². The summed E-state index contributed by atoms with van der Waals surface area (Å²) in [5.41, 5.74) is 0.738. The molecule has 0 aliphatic carbocycles. The molecule has 1 atom stereocenters. The number of hydrogen-bond acceptors (Lipinski definition) is 5. The SMILES string of the molecule is COc1ccc(-c2nccc(N[C@@H](C(=O)NCC(F)(F)F)C(C)C)n2)cc1. The first-order valence-electron chi connectivity index (χ1n) is 8.28. The van der Waals surface area contributed by atoms with Crippen LogP contribution in [0.1, 0.15) is 13.8 Å². The van der Waals surface area contributed by atoms with E-state index < -0.39 is 24.7 Å². The van der Waals surface area contributed by atoms with E-state index in [-0.39, 0.29) is 5.92 Å². The number of hydrogen-bond donors (Lipinski definition) is 2. The smallest absolute Gasteiger partial charge is 0.405 e. The van der Waals surface area contributed by atoms with Crippen LogP contribution in [0.25, 0.3) is 11.4 Å². The Kier molecular flexibility index (Phi) is 6.59. The van der Waals surface area contributed by atoms with E-state index in [1.54, 1.807) is 51.3 Å². The molecule has 2 rings (SSSR count). The van der Waals surface area contributed by atoms with Crippen LogP contribution in [0.3, 0.4) is 0 Å². The van der Waals surface area contributed by atoms with Gasteiger partial charge in [0.15, 0.2) is 5.82 Å². The molecule has 0 spiro atoms. The van der Waals surface area contributed by atoms with Crippen LogP contribution in [0.5, 0.6) is 5.75 Å². The molecule has 0 saturated carbocycles. The first-order chi connectivity index (χ1) is 12.7. The third-order valence-electron chi connectivity index (χ3n) is 3.72. The van der Waals surface area contributed by atoms with E-state index in [1.165, 1.54) is 6.20 Å². The molecule has 0 saturated heterocycles. The Hall–Kier alpha value is -2.84. The van der Waals surface area contributed by atoms with Crippen LogP contribution in [0.15, 0.2) is 36.5 Å². The lowest BCUT2D eigenvalue weighted by Gasteiger charge is -2.22. The summed E-state index contributed by atoms with van der Waals surface area (Å²) < 4.78 is 42.1. The third kappa shape index (κ3) is 6.12. The lowest BCUT2D eigenvalue weighted by Crippen LogP contribution is -2.46. The summed E-state index contributed by atoms with van der Waals surface area (Å²) in [7, 11) is 1.56. The molecular weight excluding hydrogens is 361 g/mol. The molecule has 146 valence electrons. The Morgan fingerprint density at radius 2 is 1.85 bits per heavy atom.